The second-order valence-corrected chi connectivity index (χ2v) is 5.81. The van der Waals surface area contributed by atoms with Gasteiger partial charge in [-0.15, -0.1) is 0 Å². The molecule has 0 bridgehead atoms. The molecule has 3 rings (SSSR count). The van der Waals surface area contributed by atoms with Crippen LogP contribution >= 0.6 is 0 Å². The SMILES string of the molecule is COc1cc(C[N+]2=NC(=O)C=CC2=O)cc(OC)c1C[N+]1=NC(=O)C=CC1=O. The van der Waals surface area contributed by atoms with E-state index in [1.165, 1.54) is 14.2 Å². The number of carbonyl (C=O) groups is 4. The van der Waals surface area contributed by atoms with Crippen molar-refractivity contribution in [2.24, 2.45) is 10.2 Å². The standard InChI is InChI=1S/C18H16N4O6/c1-27-13-7-11(9-21-17(25)5-3-15(23)19-21)8-14(28-2)12(13)10-22-18(26)6-4-16(24)20-22/h3-8H,9-10H2,1-2H3/q+2. The van der Waals surface area contributed by atoms with Crippen LogP contribution in [0.3, 0.4) is 0 Å². The van der Waals surface area contributed by atoms with Crippen molar-refractivity contribution in [3.63, 3.8) is 0 Å². The number of nitrogens with zero attached hydrogens (tertiary/aromatic N) is 4. The molecule has 2 heterocycles. The fraction of sp³-hybridized carbons (Fsp3) is 0.222. The van der Waals surface area contributed by atoms with E-state index in [1.807, 2.05) is 0 Å². The first-order valence-electron chi connectivity index (χ1n) is 8.15. The second kappa shape index (κ2) is 7.82. The third-order valence-corrected chi connectivity index (χ3v) is 3.99. The molecule has 142 valence electrons. The Kier molecular flexibility index (Phi) is 5.30. The topological polar surface area (TPSA) is 117 Å². The van der Waals surface area contributed by atoms with Crippen LogP contribution in [0.4, 0.5) is 0 Å². The molecule has 0 atom stereocenters. The number of ether oxygens (including phenoxy) is 2. The van der Waals surface area contributed by atoms with E-state index in [2.05, 4.69) is 10.2 Å². The minimum atomic E-state index is -0.544. The molecule has 0 spiro atoms. The normalized spacial score (nSPS) is 16.2. The number of benzene rings is 1. The molecule has 2 aliphatic rings. The van der Waals surface area contributed by atoms with E-state index >= 15 is 0 Å². The lowest BCUT2D eigenvalue weighted by Gasteiger charge is -2.13. The van der Waals surface area contributed by atoms with Crippen molar-refractivity contribution in [1.82, 2.24) is 0 Å². The fourth-order valence-electron chi connectivity index (χ4n) is 2.70. The molecule has 0 radical (unpaired) electrons. The van der Waals surface area contributed by atoms with E-state index in [9.17, 15) is 19.2 Å². The third-order valence-electron chi connectivity index (χ3n) is 3.99. The van der Waals surface area contributed by atoms with Gasteiger partial charge in [0.15, 0.2) is 0 Å². The van der Waals surface area contributed by atoms with Crippen LogP contribution in [0.5, 0.6) is 11.5 Å². The van der Waals surface area contributed by atoms with Gasteiger partial charge in [0.2, 0.25) is 13.1 Å². The van der Waals surface area contributed by atoms with Gasteiger partial charge in [0, 0.05) is 27.9 Å². The van der Waals surface area contributed by atoms with E-state index < -0.39 is 23.6 Å². The van der Waals surface area contributed by atoms with Gasteiger partial charge in [-0.05, 0) is 21.5 Å². The molecule has 1 aromatic carbocycles. The van der Waals surface area contributed by atoms with E-state index in [-0.39, 0.29) is 13.1 Å². The molecule has 0 aromatic heterocycles. The first kappa shape index (κ1) is 19.0. The van der Waals surface area contributed by atoms with Gasteiger partial charge in [-0.1, -0.05) is 0 Å². The average Bonchev–Trinajstić information content (AvgIpc) is 2.68. The van der Waals surface area contributed by atoms with Crippen LogP contribution < -0.4 is 9.47 Å². The van der Waals surface area contributed by atoms with Crippen LogP contribution in [0.1, 0.15) is 11.1 Å². The Hall–Kier alpha value is -3.82. The van der Waals surface area contributed by atoms with Gasteiger partial charge in [0.25, 0.3) is 0 Å². The summed E-state index contributed by atoms with van der Waals surface area (Å²) in [7, 11) is 2.87. The monoisotopic (exact) mass is 384 g/mol. The van der Waals surface area contributed by atoms with Crippen molar-refractivity contribution in [3.05, 3.63) is 47.6 Å². The minimum absolute atomic E-state index is 0.0240. The Morgan fingerprint density at radius 1 is 0.750 bits per heavy atom. The van der Waals surface area contributed by atoms with Crippen LogP contribution in [-0.2, 0) is 32.3 Å². The zero-order chi connectivity index (χ0) is 20.3. The Labute approximate surface area is 159 Å². The molecule has 0 aliphatic carbocycles. The maximum atomic E-state index is 12.0. The summed E-state index contributed by atoms with van der Waals surface area (Å²) >= 11 is 0. The molecule has 0 unspecified atom stereocenters. The molecule has 0 fully saturated rings. The lowest BCUT2D eigenvalue weighted by molar-refractivity contribution is -0.522. The largest absolute Gasteiger partial charge is 0.496 e. The second-order valence-electron chi connectivity index (χ2n) is 5.81. The first-order chi connectivity index (χ1) is 13.4. The summed E-state index contributed by atoms with van der Waals surface area (Å²) in [4.78, 5) is 46.7. The summed E-state index contributed by atoms with van der Waals surface area (Å²) in [5.74, 6) is -1.22. The number of hydrogen-bond acceptors (Lipinski definition) is 6. The molecule has 0 saturated heterocycles. The molecule has 28 heavy (non-hydrogen) atoms. The first-order valence-corrected chi connectivity index (χ1v) is 8.15. The fourth-order valence-corrected chi connectivity index (χ4v) is 2.70. The van der Waals surface area contributed by atoms with E-state index in [4.69, 9.17) is 9.47 Å². The molecule has 2 aliphatic heterocycles. The van der Waals surface area contributed by atoms with Crippen LogP contribution in [0.25, 0.3) is 0 Å². The molecule has 4 amide bonds. The number of methoxy groups -OCH3 is 2. The van der Waals surface area contributed by atoms with Crippen LogP contribution in [0.2, 0.25) is 0 Å². The van der Waals surface area contributed by atoms with Gasteiger partial charge in [-0.25, -0.2) is 9.59 Å². The maximum Gasteiger partial charge on any atom is 0.437 e. The van der Waals surface area contributed by atoms with E-state index in [0.717, 1.165) is 33.7 Å². The zero-order valence-electron chi connectivity index (χ0n) is 15.1. The molecule has 0 saturated carbocycles. The third kappa shape index (κ3) is 3.95. The lowest BCUT2D eigenvalue weighted by atomic mass is 10.1. The minimum Gasteiger partial charge on any atom is -0.496 e. The highest BCUT2D eigenvalue weighted by Crippen LogP contribution is 2.32. The summed E-state index contributed by atoms with van der Waals surface area (Å²) in [6.07, 6.45) is 4.46. The summed E-state index contributed by atoms with van der Waals surface area (Å²) in [5.41, 5.74) is 1.09. The maximum absolute atomic E-state index is 12.0. The number of carbonyl (C=O) groups excluding carboxylic acids is 4. The van der Waals surface area contributed by atoms with Crippen molar-refractivity contribution >= 4 is 23.6 Å². The molecular weight excluding hydrogens is 368 g/mol. The van der Waals surface area contributed by atoms with Gasteiger partial charge in [0.1, 0.15) is 17.1 Å². The number of amides is 4. The number of azo groups is 4. The van der Waals surface area contributed by atoms with Crippen LogP contribution in [-0.4, -0.2) is 47.2 Å². The Morgan fingerprint density at radius 2 is 1.21 bits per heavy atom. The highest BCUT2D eigenvalue weighted by Gasteiger charge is 2.29. The van der Waals surface area contributed by atoms with Crippen molar-refractivity contribution in [2.75, 3.05) is 14.2 Å². The van der Waals surface area contributed by atoms with E-state index in [0.29, 0.717) is 22.6 Å². The van der Waals surface area contributed by atoms with Crippen LogP contribution in [0.15, 0.2) is 46.7 Å². The summed E-state index contributed by atoms with van der Waals surface area (Å²) in [5, 5.41) is 7.34. The van der Waals surface area contributed by atoms with Gasteiger partial charge >= 0.3 is 23.6 Å². The summed E-state index contributed by atoms with van der Waals surface area (Å²) < 4.78 is 12.8. The van der Waals surface area contributed by atoms with Gasteiger partial charge in [-0.2, -0.15) is 0 Å². The van der Waals surface area contributed by atoms with Crippen molar-refractivity contribution in [1.29, 1.82) is 0 Å². The predicted molar refractivity (Wildman–Crippen MR) is 90.6 cm³/mol. The quantitative estimate of drug-likeness (QED) is 0.672. The van der Waals surface area contributed by atoms with Crippen molar-refractivity contribution < 1.29 is 38.0 Å². The van der Waals surface area contributed by atoms with Gasteiger partial charge < -0.3 is 9.47 Å². The van der Waals surface area contributed by atoms with Crippen LogP contribution in [0, 0.1) is 0 Å². The molecule has 1 aromatic rings. The Balaban J connectivity index is 1.95. The molecule has 10 heteroatoms. The van der Waals surface area contributed by atoms with Gasteiger partial charge in [0.05, 0.1) is 26.4 Å². The summed E-state index contributed by atoms with van der Waals surface area (Å²) in [6.45, 7) is -0.0219. The van der Waals surface area contributed by atoms with Crippen molar-refractivity contribution in [2.45, 2.75) is 13.1 Å². The highest BCUT2D eigenvalue weighted by atomic mass is 16.5. The molecule has 10 nitrogen and oxygen atoms in total. The Morgan fingerprint density at radius 3 is 1.68 bits per heavy atom. The predicted octanol–water partition coefficient (Wildman–Crippen LogP) is 0.879. The molecular formula is C18H16N4O6+2. The number of rotatable bonds is 6. The highest BCUT2D eigenvalue weighted by molar-refractivity contribution is 5.96. The lowest BCUT2D eigenvalue weighted by Crippen LogP contribution is -2.23. The zero-order valence-corrected chi connectivity index (χ0v) is 15.1. The van der Waals surface area contributed by atoms with E-state index in [1.54, 1.807) is 12.1 Å². The summed E-state index contributed by atoms with van der Waals surface area (Å²) in [6, 6.07) is 3.27. The van der Waals surface area contributed by atoms with Gasteiger partial charge in [-0.3, -0.25) is 9.59 Å². The Bertz CT molecular complexity index is 994. The van der Waals surface area contributed by atoms with Crippen molar-refractivity contribution in [3.8, 4) is 11.5 Å². The smallest absolute Gasteiger partial charge is 0.437 e. The molecule has 0 N–H and O–H groups in total. The number of hydrogen-bond donors (Lipinski definition) is 0. The average molecular weight is 384 g/mol.